The maximum absolute atomic E-state index is 11.9. The number of piperidine rings is 1. The third-order valence-corrected chi connectivity index (χ3v) is 3.72. The van der Waals surface area contributed by atoms with E-state index < -0.39 is 0 Å². The first-order valence-corrected chi connectivity index (χ1v) is 6.77. The lowest BCUT2D eigenvalue weighted by molar-refractivity contribution is -0.155. The van der Waals surface area contributed by atoms with Crippen LogP contribution in [0.2, 0.25) is 0 Å². The molecular formula is C13H23NO2. The predicted molar refractivity (Wildman–Crippen MR) is 63.2 cm³/mol. The van der Waals surface area contributed by atoms with Crippen molar-refractivity contribution < 1.29 is 9.53 Å². The number of carbonyl (C=O) groups excluding carboxylic acids is 1. The molecular weight excluding hydrogens is 202 g/mol. The second-order valence-corrected chi connectivity index (χ2v) is 5.09. The third kappa shape index (κ3) is 3.48. The van der Waals surface area contributed by atoms with Gasteiger partial charge in [-0.1, -0.05) is 12.8 Å². The Kier molecular flexibility index (Phi) is 4.64. The van der Waals surface area contributed by atoms with E-state index in [-0.39, 0.29) is 18.0 Å². The van der Waals surface area contributed by atoms with Gasteiger partial charge in [0.05, 0.1) is 5.92 Å². The Hall–Kier alpha value is -0.570. The van der Waals surface area contributed by atoms with Crippen molar-refractivity contribution in [1.82, 2.24) is 5.32 Å². The molecule has 2 rings (SSSR count). The van der Waals surface area contributed by atoms with E-state index in [1.54, 1.807) is 0 Å². The van der Waals surface area contributed by atoms with Gasteiger partial charge in [0, 0.05) is 6.54 Å². The molecule has 3 heteroatoms. The summed E-state index contributed by atoms with van der Waals surface area (Å²) in [4.78, 5) is 11.9. The zero-order valence-corrected chi connectivity index (χ0v) is 10.0. The van der Waals surface area contributed by atoms with Crippen molar-refractivity contribution in [2.45, 2.75) is 57.5 Å². The topological polar surface area (TPSA) is 38.3 Å². The number of hydrogen-bond donors (Lipinski definition) is 1. The minimum atomic E-state index is 0.0408. The molecule has 3 nitrogen and oxygen atoms in total. The van der Waals surface area contributed by atoms with Crippen LogP contribution in [0.15, 0.2) is 0 Å². The molecule has 1 heterocycles. The summed E-state index contributed by atoms with van der Waals surface area (Å²) >= 11 is 0. The molecule has 1 saturated carbocycles. The highest BCUT2D eigenvalue weighted by molar-refractivity contribution is 5.73. The van der Waals surface area contributed by atoms with Gasteiger partial charge in [-0.05, 0) is 45.1 Å². The summed E-state index contributed by atoms with van der Waals surface area (Å²) in [5.74, 6) is 0.149. The van der Waals surface area contributed by atoms with E-state index in [4.69, 9.17) is 4.74 Å². The first-order valence-electron chi connectivity index (χ1n) is 6.77. The highest BCUT2D eigenvalue weighted by Crippen LogP contribution is 2.22. The van der Waals surface area contributed by atoms with Gasteiger partial charge in [-0.25, -0.2) is 0 Å². The highest BCUT2D eigenvalue weighted by Gasteiger charge is 2.25. The quantitative estimate of drug-likeness (QED) is 0.578. The number of rotatable bonds is 2. The zero-order valence-electron chi connectivity index (χ0n) is 10.0. The average molecular weight is 225 g/mol. The zero-order chi connectivity index (χ0) is 11.2. The highest BCUT2D eigenvalue weighted by atomic mass is 16.5. The Bertz CT molecular complexity index is 216. The van der Waals surface area contributed by atoms with Gasteiger partial charge in [-0.3, -0.25) is 4.79 Å². The number of carbonyl (C=O) groups is 1. The largest absolute Gasteiger partial charge is 0.462 e. The van der Waals surface area contributed by atoms with Crippen molar-refractivity contribution in [3.05, 3.63) is 0 Å². The molecule has 0 aromatic rings. The summed E-state index contributed by atoms with van der Waals surface area (Å²) < 4.78 is 5.63. The second-order valence-electron chi connectivity index (χ2n) is 5.09. The Morgan fingerprint density at radius 3 is 2.38 bits per heavy atom. The number of hydrogen-bond acceptors (Lipinski definition) is 3. The lowest BCUT2D eigenvalue weighted by Gasteiger charge is -2.24. The molecule has 16 heavy (non-hydrogen) atoms. The van der Waals surface area contributed by atoms with Gasteiger partial charge in [-0.15, -0.1) is 0 Å². The molecule has 1 N–H and O–H groups in total. The molecule has 0 unspecified atom stereocenters. The van der Waals surface area contributed by atoms with Gasteiger partial charge in [-0.2, -0.15) is 0 Å². The van der Waals surface area contributed by atoms with Crippen LogP contribution in [0, 0.1) is 5.92 Å². The average Bonchev–Trinajstić information content (AvgIpc) is 2.59. The van der Waals surface area contributed by atoms with Gasteiger partial charge in [0.2, 0.25) is 0 Å². The van der Waals surface area contributed by atoms with E-state index in [1.807, 2.05) is 0 Å². The van der Waals surface area contributed by atoms with E-state index in [9.17, 15) is 4.79 Å². The van der Waals surface area contributed by atoms with Crippen molar-refractivity contribution in [2.24, 2.45) is 5.92 Å². The Morgan fingerprint density at radius 2 is 1.75 bits per heavy atom. The van der Waals surface area contributed by atoms with Crippen LogP contribution >= 0.6 is 0 Å². The molecule has 1 aliphatic heterocycles. The summed E-state index contributed by atoms with van der Waals surface area (Å²) in [5, 5.41) is 3.26. The summed E-state index contributed by atoms with van der Waals surface area (Å²) in [5.41, 5.74) is 0. The maximum Gasteiger partial charge on any atom is 0.310 e. The Morgan fingerprint density at radius 1 is 1.00 bits per heavy atom. The van der Waals surface area contributed by atoms with Crippen LogP contribution in [0.3, 0.4) is 0 Å². The smallest absolute Gasteiger partial charge is 0.310 e. The first kappa shape index (κ1) is 11.9. The molecule has 1 saturated heterocycles. The number of esters is 1. The maximum atomic E-state index is 11.9. The van der Waals surface area contributed by atoms with Crippen LogP contribution in [0.25, 0.3) is 0 Å². The monoisotopic (exact) mass is 225 g/mol. The van der Waals surface area contributed by atoms with Crippen molar-refractivity contribution in [1.29, 1.82) is 0 Å². The molecule has 1 atom stereocenters. The molecule has 0 aromatic heterocycles. The van der Waals surface area contributed by atoms with E-state index in [0.29, 0.717) is 0 Å². The minimum absolute atomic E-state index is 0.0408. The van der Waals surface area contributed by atoms with E-state index in [0.717, 1.165) is 38.8 Å². The first-order chi connectivity index (χ1) is 7.86. The fourth-order valence-electron chi connectivity index (χ4n) is 2.67. The Balaban J connectivity index is 1.76. The molecule has 2 fully saturated rings. The van der Waals surface area contributed by atoms with Crippen LogP contribution in [-0.2, 0) is 9.53 Å². The van der Waals surface area contributed by atoms with Crippen molar-refractivity contribution in [3.63, 3.8) is 0 Å². The summed E-state index contributed by atoms with van der Waals surface area (Å²) in [6.07, 6.45) is 9.51. The molecule has 0 radical (unpaired) electrons. The summed E-state index contributed by atoms with van der Waals surface area (Å²) in [7, 11) is 0. The number of ether oxygens (including phenoxy) is 1. The lowest BCUT2D eigenvalue weighted by Crippen LogP contribution is -2.36. The van der Waals surface area contributed by atoms with Gasteiger partial charge >= 0.3 is 5.97 Å². The number of nitrogens with one attached hydrogen (secondary N) is 1. The second kappa shape index (κ2) is 6.24. The molecule has 92 valence electrons. The van der Waals surface area contributed by atoms with Gasteiger partial charge in [0.25, 0.3) is 0 Å². The van der Waals surface area contributed by atoms with Gasteiger partial charge < -0.3 is 10.1 Å². The van der Waals surface area contributed by atoms with E-state index in [1.165, 1.54) is 25.7 Å². The molecule has 2 aliphatic rings. The normalized spacial score (nSPS) is 28.4. The van der Waals surface area contributed by atoms with Crippen molar-refractivity contribution >= 4 is 5.97 Å². The van der Waals surface area contributed by atoms with Crippen LogP contribution in [0.1, 0.15) is 51.4 Å². The van der Waals surface area contributed by atoms with Crippen molar-refractivity contribution in [2.75, 3.05) is 13.1 Å². The standard InChI is InChI=1S/C13H23NO2/c15-13(11-6-5-9-14-10-11)16-12-7-3-1-2-4-8-12/h11-12,14H,1-10H2/t11-/m1/s1. The summed E-state index contributed by atoms with van der Waals surface area (Å²) in [6.45, 7) is 1.86. The van der Waals surface area contributed by atoms with Gasteiger partial charge in [0.15, 0.2) is 0 Å². The van der Waals surface area contributed by atoms with Crippen LogP contribution < -0.4 is 5.32 Å². The molecule has 0 amide bonds. The molecule has 0 spiro atoms. The van der Waals surface area contributed by atoms with E-state index in [2.05, 4.69) is 5.32 Å². The fraction of sp³-hybridized carbons (Fsp3) is 0.923. The fourth-order valence-corrected chi connectivity index (χ4v) is 2.67. The van der Waals surface area contributed by atoms with Gasteiger partial charge in [0.1, 0.15) is 6.10 Å². The molecule has 0 aromatic carbocycles. The van der Waals surface area contributed by atoms with Crippen LogP contribution in [0.4, 0.5) is 0 Å². The van der Waals surface area contributed by atoms with Crippen LogP contribution in [-0.4, -0.2) is 25.2 Å². The predicted octanol–water partition coefficient (Wildman–Crippen LogP) is 2.25. The SMILES string of the molecule is O=C(OC1CCCCCC1)[C@@H]1CCCNC1. The van der Waals surface area contributed by atoms with Crippen molar-refractivity contribution in [3.8, 4) is 0 Å². The Labute approximate surface area is 97.9 Å². The van der Waals surface area contributed by atoms with E-state index >= 15 is 0 Å². The van der Waals surface area contributed by atoms with Crippen LogP contribution in [0.5, 0.6) is 0 Å². The molecule has 1 aliphatic carbocycles. The third-order valence-electron chi connectivity index (χ3n) is 3.72. The lowest BCUT2D eigenvalue weighted by atomic mass is 10.00. The molecule has 0 bridgehead atoms. The minimum Gasteiger partial charge on any atom is -0.462 e. The summed E-state index contributed by atoms with van der Waals surface area (Å²) in [6, 6.07) is 0.